The van der Waals surface area contributed by atoms with Gasteiger partial charge in [0.15, 0.2) is 0 Å². The van der Waals surface area contributed by atoms with Gasteiger partial charge in [0.05, 0.1) is 0 Å². The first-order chi connectivity index (χ1) is 8.76. The van der Waals surface area contributed by atoms with Gasteiger partial charge in [-0.25, -0.2) is 0 Å². The van der Waals surface area contributed by atoms with Gasteiger partial charge in [-0.1, -0.05) is 37.3 Å². The zero-order valence-electron chi connectivity index (χ0n) is 11.0. The predicted molar refractivity (Wildman–Crippen MR) is 78.0 cm³/mol. The first kappa shape index (κ1) is 13.8. The van der Waals surface area contributed by atoms with E-state index < -0.39 is 10.8 Å². The summed E-state index contributed by atoms with van der Waals surface area (Å²) < 4.78 is 12.2. The SMILES string of the molecule is CCS(=O)C1CC(c2ccccc2)CCC1CN. The third kappa shape index (κ3) is 3.01. The molecule has 1 aliphatic carbocycles. The van der Waals surface area contributed by atoms with Gasteiger partial charge in [-0.2, -0.15) is 0 Å². The van der Waals surface area contributed by atoms with Crippen LogP contribution in [0.1, 0.15) is 37.7 Å². The largest absolute Gasteiger partial charge is 0.330 e. The maximum absolute atomic E-state index is 12.2. The van der Waals surface area contributed by atoms with Crippen LogP contribution in [0.2, 0.25) is 0 Å². The lowest BCUT2D eigenvalue weighted by molar-refractivity contribution is 0.339. The molecule has 0 radical (unpaired) electrons. The summed E-state index contributed by atoms with van der Waals surface area (Å²) in [5, 5.41) is 0.291. The first-order valence-corrected chi connectivity index (χ1v) is 8.26. The molecule has 2 rings (SSSR count). The van der Waals surface area contributed by atoms with Crippen molar-refractivity contribution in [2.45, 2.75) is 37.4 Å². The standard InChI is InChI=1S/C15H23NOS/c1-2-18(17)15-10-13(8-9-14(15)11-16)12-6-4-3-5-7-12/h3-7,13-15H,2,8-11,16H2,1H3. The topological polar surface area (TPSA) is 43.1 Å². The molecular weight excluding hydrogens is 242 g/mol. The summed E-state index contributed by atoms with van der Waals surface area (Å²) >= 11 is 0. The molecule has 2 N–H and O–H groups in total. The molecule has 0 spiro atoms. The van der Waals surface area contributed by atoms with Crippen LogP contribution in [0.5, 0.6) is 0 Å². The van der Waals surface area contributed by atoms with E-state index >= 15 is 0 Å². The summed E-state index contributed by atoms with van der Waals surface area (Å²) in [5.41, 5.74) is 7.23. The lowest BCUT2D eigenvalue weighted by Gasteiger charge is -2.35. The Labute approximate surface area is 112 Å². The molecule has 3 heteroatoms. The summed E-state index contributed by atoms with van der Waals surface area (Å²) in [5.74, 6) is 1.77. The molecule has 2 nitrogen and oxygen atoms in total. The van der Waals surface area contributed by atoms with Crippen LogP contribution in [0.4, 0.5) is 0 Å². The number of hydrogen-bond acceptors (Lipinski definition) is 2. The molecule has 1 fully saturated rings. The second-order valence-electron chi connectivity index (χ2n) is 5.12. The average Bonchev–Trinajstić information content (AvgIpc) is 2.46. The van der Waals surface area contributed by atoms with Crippen molar-refractivity contribution in [2.24, 2.45) is 11.7 Å². The van der Waals surface area contributed by atoms with E-state index in [0.717, 1.165) is 18.6 Å². The highest BCUT2D eigenvalue weighted by atomic mass is 32.2. The monoisotopic (exact) mass is 265 g/mol. The Morgan fingerprint density at radius 2 is 2.00 bits per heavy atom. The number of rotatable bonds is 4. The summed E-state index contributed by atoms with van der Waals surface area (Å²) in [6.07, 6.45) is 3.34. The molecule has 18 heavy (non-hydrogen) atoms. The van der Waals surface area contributed by atoms with Gasteiger partial charge in [0.2, 0.25) is 0 Å². The van der Waals surface area contributed by atoms with E-state index in [1.165, 1.54) is 12.0 Å². The molecule has 0 aliphatic heterocycles. The Morgan fingerprint density at radius 1 is 1.28 bits per heavy atom. The van der Waals surface area contributed by atoms with Crippen LogP contribution in [0.3, 0.4) is 0 Å². The molecule has 100 valence electrons. The lowest BCUT2D eigenvalue weighted by atomic mass is 9.78. The highest BCUT2D eigenvalue weighted by Gasteiger charge is 2.33. The predicted octanol–water partition coefficient (Wildman–Crippen LogP) is 2.67. The zero-order valence-corrected chi connectivity index (χ0v) is 11.9. The van der Waals surface area contributed by atoms with Gasteiger partial charge < -0.3 is 5.73 Å². The van der Waals surface area contributed by atoms with E-state index in [4.69, 9.17) is 5.73 Å². The fraction of sp³-hybridized carbons (Fsp3) is 0.600. The number of benzene rings is 1. The van der Waals surface area contributed by atoms with Gasteiger partial charge >= 0.3 is 0 Å². The Bertz CT molecular complexity index is 393. The van der Waals surface area contributed by atoms with Gasteiger partial charge in [0, 0.05) is 21.8 Å². The molecule has 4 atom stereocenters. The third-order valence-electron chi connectivity index (χ3n) is 4.12. The minimum Gasteiger partial charge on any atom is -0.330 e. The van der Waals surface area contributed by atoms with Crippen molar-refractivity contribution in [3.63, 3.8) is 0 Å². The fourth-order valence-electron chi connectivity index (χ4n) is 3.03. The molecular formula is C15H23NOS. The van der Waals surface area contributed by atoms with Crippen molar-refractivity contribution in [2.75, 3.05) is 12.3 Å². The van der Waals surface area contributed by atoms with E-state index in [2.05, 4.69) is 30.3 Å². The van der Waals surface area contributed by atoms with Crippen LogP contribution in [-0.2, 0) is 10.8 Å². The third-order valence-corrected chi connectivity index (χ3v) is 5.95. The average molecular weight is 265 g/mol. The van der Waals surface area contributed by atoms with Crippen LogP contribution < -0.4 is 5.73 Å². The van der Waals surface area contributed by atoms with Crippen molar-refractivity contribution >= 4 is 10.8 Å². The Balaban J connectivity index is 2.12. The molecule has 4 unspecified atom stereocenters. The van der Waals surface area contributed by atoms with Crippen molar-refractivity contribution < 1.29 is 4.21 Å². The van der Waals surface area contributed by atoms with Gasteiger partial charge in [0.1, 0.15) is 0 Å². The lowest BCUT2D eigenvalue weighted by Crippen LogP contribution is -2.37. The molecule has 1 aromatic carbocycles. The molecule has 1 aromatic rings. The van der Waals surface area contributed by atoms with Gasteiger partial charge in [0.25, 0.3) is 0 Å². The van der Waals surface area contributed by atoms with Crippen molar-refractivity contribution in [3.8, 4) is 0 Å². The van der Waals surface area contributed by atoms with Gasteiger partial charge in [-0.05, 0) is 43.2 Å². The molecule has 1 saturated carbocycles. The molecule has 1 aliphatic rings. The van der Waals surface area contributed by atoms with E-state index in [-0.39, 0.29) is 0 Å². The summed E-state index contributed by atoms with van der Waals surface area (Å²) in [6, 6.07) is 10.6. The molecule has 0 heterocycles. The summed E-state index contributed by atoms with van der Waals surface area (Å²) in [4.78, 5) is 0. The van der Waals surface area contributed by atoms with Crippen molar-refractivity contribution in [1.82, 2.24) is 0 Å². The van der Waals surface area contributed by atoms with Crippen molar-refractivity contribution in [1.29, 1.82) is 0 Å². The van der Waals surface area contributed by atoms with E-state index in [1.807, 2.05) is 6.92 Å². The quantitative estimate of drug-likeness (QED) is 0.909. The molecule has 0 amide bonds. The minimum atomic E-state index is -0.718. The fourth-order valence-corrected chi connectivity index (χ4v) is 4.58. The van der Waals surface area contributed by atoms with Crippen molar-refractivity contribution in [3.05, 3.63) is 35.9 Å². The second-order valence-corrected chi connectivity index (χ2v) is 7.07. The maximum atomic E-state index is 12.2. The molecule has 0 aromatic heterocycles. The van der Waals surface area contributed by atoms with Crippen LogP contribution in [0.25, 0.3) is 0 Å². The first-order valence-electron chi connectivity index (χ1n) is 6.88. The Kier molecular flexibility index (Phi) is 4.95. The summed E-state index contributed by atoms with van der Waals surface area (Å²) in [7, 11) is -0.718. The smallest absolute Gasteiger partial charge is 0.0393 e. The summed E-state index contributed by atoms with van der Waals surface area (Å²) in [6.45, 7) is 2.69. The number of nitrogens with two attached hydrogens (primary N) is 1. The van der Waals surface area contributed by atoms with E-state index in [0.29, 0.717) is 23.6 Å². The normalized spacial score (nSPS) is 30.0. The highest BCUT2D eigenvalue weighted by molar-refractivity contribution is 7.85. The van der Waals surface area contributed by atoms with Crippen LogP contribution in [0.15, 0.2) is 30.3 Å². The van der Waals surface area contributed by atoms with Crippen LogP contribution in [-0.4, -0.2) is 21.8 Å². The minimum absolute atomic E-state index is 0.291. The maximum Gasteiger partial charge on any atom is 0.0393 e. The second kappa shape index (κ2) is 6.48. The van der Waals surface area contributed by atoms with Gasteiger partial charge in [-0.15, -0.1) is 0 Å². The Hall–Kier alpha value is -0.670. The molecule has 0 saturated heterocycles. The van der Waals surface area contributed by atoms with Crippen LogP contribution >= 0.6 is 0 Å². The Morgan fingerprint density at radius 3 is 2.61 bits per heavy atom. The number of hydrogen-bond donors (Lipinski definition) is 1. The zero-order chi connectivity index (χ0) is 13.0. The van der Waals surface area contributed by atoms with Gasteiger partial charge in [-0.3, -0.25) is 4.21 Å². The van der Waals surface area contributed by atoms with Crippen LogP contribution in [0, 0.1) is 5.92 Å². The van der Waals surface area contributed by atoms with E-state index in [9.17, 15) is 4.21 Å². The van der Waals surface area contributed by atoms with E-state index in [1.54, 1.807) is 0 Å². The molecule has 0 bridgehead atoms. The highest BCUT2D eigenvalue weighted by Crippen LogP contribution is 2.37.